The molecule has 0 spiro atoms. The predicted molar refractivity (Wildman–Crippen MR) is 276 cm³/mol. The Kier molecular flexibility index (Phi) is 26.1. The Hall–Kier alpha value is -3.85. The molecule has 18 heteroatoms. The number of hydrogen-bond acceptors (Lipinski definition) is 16. The maximum Gasteiger partial charge on any atom is 0.406 e. The van der Waals surface area contributed by atoms with Crippen molar-refractivity contribution in [2.75, 3.05) is 54.2 Å². The van der Waals surface area contributed by atoms with Crippen molar-refractivity contribution in [3.63, 3.8) is 0 Å². The topological polar surface area (TPSA) is 246 Å². The number of hydrogen-bond donors (Lipinski definition) is 5. The Morgan fingerprint density at radius 3 is 2.30 bits per heavy atom. The second-order valence-electron chi connectivity index (χ2n) is 21.4. The molecule has 4 rings (SSSR count). The van der Waals surface area contributed by atoms with Gasteiger partial charge in [0.05, 0.1) is 50.3 Å². The molecule has 420 valence electrons. The van der Waals surface area contributed by atoms with Gasteiger partial charge in [-0.05, 0) is 107 Å². The Morgan fingerprint density at radius 1 is 0.865 bits per heavy atom. The van der Waals surface area contributed by atoms with Gasteiger partial charge in [0.2, 0.25) is 5.79 Å². The highest BCUT2D eigenvalue weighted by Gasteiger charge is 2.53. The monoisotopic (exact) mass is 1050 g/mol. The molecular weight excluding hydrogens is 957 g/mol. The Morgan fingerprint density at radius 2 is 1.61 bits per heavy atom. The third kappa shape index (κ3) is 17.9. The first kappa shape index (κ1) is 62.7. The van der Waals surface area contributed by atoms with E-state index in [4.69, 9.17) is 33.2 Å². The van der Waals surface area contributed by atoms with E-state index in [2.05, 4.69) is 5.32 Å². The highest BCUT2D eigenvalue weighted by atomic mass is 16.6. The van der Waals surface area contributed by atoms with Gasteiger partial charge in [-0.25, -0.2) is 9.59 Å². The number of allylic oxidation sites excluding steroid dienone is 5. The van der Waals surface area contributed by atoms with E-state index in [1.165, 1.54) is 19.1 Å². The SMILES string of the molecule is CNC(=O)OCCO[C@H]1C[C@@H]2CC[C@@H](C)[C@@](O)(O2)C(=O)C(=O)N2CCCC[C@H]2C(=O)OC([C@H](C)CC2CC[C@@H](OCCO)[C@H](OC)C2)CC(O)[C@H](C)/C=C(\C)[C@@H](O)[C@@H](OC)C(=O)[C@H](C)C[C@H](C)/C=C/C=CC=C1C. The highest BCUT2D eigenvalue weighted by molar-refractivity contribution is 6.39. The molecule has 4 aliphatic rings. The normalized spacial score (nSPS) is 36.6. The average Bonchev–Trinajstić information content (AvgIpc) is 3.38. The number of methoxy groups -OCH3 is 2. The number of carbonyl (C=O) groups excluding carboxylic acids is 5. The van der Waals surface area contributed by atoms with Gasteiger partial charge in [0.25, 0.3) is 11.7 Å². The van der Waals surface area contributed by atoms with E-state index < -0.39 is 90.0 Å². The quantitative estimate of drug-likeness (QED) is 0.0680. The summed E-state index contributed by atoms with van der Waals surface area (Å²) < 4.78 is 41.3. The fourth-order valence-electron chi connectivity index (χ4n) is 11.0. The molecular formula is C56H90N2O16. The Bertz CT molecular complexity index is 1940. The number of carbonyl (C=O) groups is 5. The summed E-state index contributed by atoms with van der Waals surface area (Å²) in [5.74, 6) is -7.74. The van der Waals surface area contributed by atoms with Crippen LogP contribution < -0.4 is 5.32 Å². The summed E-state index contributed by atoms with van der Waals surface area (Å²) in [5.41, 5.74) is 1.20. The standard InChI is InChI=1S/C56H90N2O16/c1-34-16-12-11-13-17-35(2)46(71-26-27-72-55(66)57-8)32-42-21-19-40(7)56(67,74-42)52(63)53(64)58-23-15-14-18-43(58)54(65)73-47(37(4)30-41-20-22-45(70-25-24-59)48(31-41)68-9)33-44(60)36(3)29-39(6)50(62)51(69-10)49(61)38(5)28-34/h11-13,16-17,29,34,36-38,40-48,50-51,59-60,62,67H,14-15,18-28,30-33H2,1-10H3,(H,57,66)/b13-11?,16-12+,35-17?,39-29+/t34-,36-,37-,38-,40-,41?,42+,43+,44?,45-,46+,47?,48-,50-,51+,56-/m1/s1. The Balaban J connectivity index is 1.71. The maximum atomic E-state index is 14.6. The number of nitrogens with one attached hydrogen (secondary N) is 1. The number of nitrogens with zero attached hydrogens (tertiary/aromatic N) is 1. The fraction of sp³-hybridized carbons (Fsp3) is 0.768. The van der Waals surface area contributed by atoms with Gasteiger partial charge in [-0.2, -0.15) is 0 Å². The number of alkyl carbamates (subject to hydrolysis) is 1. The van der Waals surface area contributed by atoms with Crippen LogP contribution in [0.3, 0.4) is 0 Å². The van der Waals surface area contributed by atoms with Crippen molar-refractivity contribution in [3.8, 4) is 0 Å². The van der Waals surface area contributed by atoms with Crippen LogP contribution in [0.1, 0.15) is 126 Å². The molecule has 3 fully saturated rings. The summed E-state index contributed by atoms with van der Waals surface area (Å²) in [6.07, 6.45) is 9.81. The number of cyclic esters (lactones) is 1. The summed E-state index contributed by atoms with van der Waals surface area (Å²) in [6, 6.07) is -1.16. The number of aliphatic hydroxyl groups is 4. The number of amides is 2. The summed E-state index contributed by atoms with van der Waals surface area (Å²) in [4.78, 5) is 70.3. The van der Waals surface area contributed by atoms with E-state index in [9.17, 15) is 44.4 Å². The van der Waals surface area contributed by atoms with Gasteiger partial charge in [0, 0.05) is 58.4 Å². The summed E-state index contributed by atoms with van der Waals surface area (Å²) in [5, 5.41) is 47.4. The molecule has 3 unspecified atom stereocenters. The van der Waals surface area contributed by atoms with Crippen LogP contribution in [0, 0.1) is 35.5 Å². The molecule has 0 radical (unpaired) electrons. The van der Waals surface area contributed by atoms with Gasteiger partial charge >= 0.3 is 12.1 Å². The predicted octanol–water partition coefficient (Wildman–Crippen LogP) is 5.72. The lowest BCUT2D eigenvalue weighted by Crippen LogP contribution is -2.61. The Labute approximate surface area is 439 Å². The van der Waals surface area contributed by atoms with Crippen molar-refractivity contribution in [1.29, 1.82) is 0 Å². The zero-order valence-corrected chi connectivity index (χ0v) is 45.8. The number of ether oxygens (including phenoxy) is 7. The van der Waals surface area contributed by atoms with Gasteiger partial charge in [0.15, 0.2) is 5.78 Å². The third-order valence-corrected chi connectivity index (χ3v) is 15.6. The molecule has 0 aromatic rings. The van der Waals surface area contributed by atoms with Crippen LogP contribution in [-0.2, 0) is 52.3 Å². The molecule has 2 bridgehead atoms. The van der Waals surface area contributed by atoms with Crippen LogP contribution in [0.2, 0.25) is 0 Å². The number of fused-ring (bicyclic) bond motifs is 3. The van der Waals surface area contributed by atoms with Crippen LogP contribution in [0.25, 0.3) is 0 Å². The van der Waals surface area contributed by atoms with Crippen molar-refractivity contribution in [1.82, 2.24) is 10.2 Å². The number of piperidine rings is 1. The number of ketones is 2. The van der Waals surface area contributed by atoms with E-state index in [-0.39, 0.29) is 88.0 Å². The van der Waals surface area contributed by atoms with Gasteiger partial charge in [0.1, 0.15) is 31.0 Å². The summed E-state index contributed by atoms with van der Waals surface area (Å²) in [6.45, 7) is 12.9. The first-order chi connectivity index (χ1) is 35.2. The number of esters is 1. The highest BCUT2D eigenvalue weighted by Crippen LogP contribution is 2.38. The van der Waals surface area contributed by atoms with E-state index in [1.807, 2.05) is 58.1 Å². The molecule has 3 heterocycles. The molecule has 74 heavy (non-hydrogen) atoms. The second kappa shape index (κ2) is 30.8. The van der Waals surface area contributed by atoms with E-state index in [0.717, 1.165) is 12.0 Å². The van der Waals surface area contributed by atoms with Crippen LogP contribution in [0.4, 0.5) is 4.79 Å². The average molecular weight is 1050 g/mol. The van der Waals surface area contributed by atoms with Crippen molar-refractivity contribution >= 4 is 29.5 Å². The van der Waals surface area contributed by atoms with Crippen LogP contribution in [-0.4, -0.2) is 170 Å². The first-order valence-electron chi connectivity index (χ1n) is 27.0. The third-order valence-electron chi connectivity index (χ3n) is 15.6. The molecule has 0 aromatic carbocycles. The smallest absolute Gasteiger partial charge is 0.406 e. The molecule has 2 amide bonds. The first-order valence-corrected chi connectivity index (χ1v) is 27.0. The van der Waals surface area contributed by atoms with Gasteiger partial charge in [-0.3, -0.25) is 14.4 Å². The van der Waals surface area contributed by atoms with Crippen molar-refractivity contribution < 1.29 is 77.6 Å². The maximum absolute atomic E-state index is 14.6. The second-order valence-corrected chi connectivity index (χ2v) is 21.4. The van der Waals surface area contributed by atoms with Gasteiger partial charge in [-0.15, -0.1) is 0 Å². The minimum absolute atomic E-state index is 0.00651. The number of Topliss-reactive ketones (excluding diaryl/α,β-unsaturated/α-hetero) is 2. The van der Waals surface area contributed by atoms with Gasteiger partial charge in [-0.1, -0.05) is 71.1 Å². The van der Waals surface area contributed by atoms with Crippen LogP contribution in [0.5, 0.6) is 0 Å². The zero-order chi connectivity index (χ0) is 54.7. The van der Waals surface area contributed by atoms with Crippen molar-refractivity contribution in [2.45, 2.75) is 186 Å². The minimum Gasteiger partial charge on any atom is -0.460 e. The van der Waals surface area contributed by atoms with E-state index in [1.54, 1.807) is 34.0 Å². The number of aliphatic hydroxyl groups excluding tert-OH is 3. The zero-order valence-electron chi connectivity index (χ0n) is 45.8. The molecule has 1 aliphatic carbocycles. The molecule has 16 atom stereocenters. The molecule has 18 nitrogen and oxygen atoms in total. The molecule has 5 N–H and O–H groups in total. The summed E-state index contributed by atoms with van der Waals surface area (Å²) in [7, 11) is 4.46. The van der Waals surface area contributed by atoms with Crippen molar-refractivity contribution in [2.24, 2.45) is 35.5 Å². The largest absolute Gasteiger partial charge is 0.460 e. The fourth-order valence-corrected chi connectivity index (χ4v) is 11.0. The number of rotatable bonds is 12. The van der Waals surface area contributed by atoms with E-state index in [0.29, 0.717) is 56.9 Å². The van der Waals surface area contributed by atoms with Crippen molar-refractivity contribution in [3.05, 3.63) is 47.6 Å². The molecule has 3 aliphatic heterocycles. The van der Waals surface area contributed by atoms with Crippen LogP contribution >= 0.6 is 0 Å². The van der Waals surface area contributed by atoms with Gasteiger partial charge < -0.3 is 63.8 Å². The molecule has 2 saturated heterocycles. The van der Waals surface area contributed by atoms with E-state index >= 15 is 0 Å². The lowest BCUT2D eigenvalue weighted by Gasteiger charge is -2.43. The lowest BCUT2D eigenvalue weighted by atomic mass is 9.78. The van der Waals surface area contributed by atoms with Crippen LogP contribution in [0.15, 0.2) is 47.6 Å². The molecule has 0 aromatic heterocycles. The summed E-state index contributed by atoms with van der Waals surface area (Å²) >= 11 is 0. The lowest BCUT2D eigenvalue weighted by molar-refractivity contribution is -0.266. The molecule has 1 saturated carbocycles. The minimum atomic E-state index is -2.51.